The Hall–Kier alpha value is -1.47. The summed E-state index contributed by atoms with van der Waals surface area (Å²) in [5.41, 5.74) is 1.21. The second-order valence-electron chi connectivity index (χ2n) is 3.89. The first kappa shape index (κ1) is 13.0. The molecule has 1 N–H and O–H groups in total. The molecule has 1 unspecified atom stereocenters. The lowest BCUT2D eigenvalue weighted by Gasteiger charge is -2.12. The SMILES string of the molecule is CCNC(C)c1ccnc(Sc2nnnn2C)c1. The molecular formula is C11H16N6S. The Morgan fingerprint density at radius 3 is 3.00 bits per heavy atom. The van der Waals surface area contributed by atoms with Gasteiger partial charge in [0.15, 0.2) is 0 Å². The van der Waals surface area contributed by atoms with Crippen LogP contribution in [0.2, 0.25) is 0 Å². The Kier molecular flexibility index (Phi) is 4.27. The molecule has 7 heteroatoms. The van der Waals surface area contributed by atoms with Crippen molar-refractivity contribution in [1.82, 2.24) is 30.5 Å². The van der Waals surface area contributed by atoms with Crippen molar-refractivity contribution in [3.63, 3.8) is 0 Å². The molecule has 0 aliphatic heterocycles. The van der Waals surface area contributed by atoms with E-state index in [2.05, 4.69) is 45.7 Å². The molecule has 2 heterocycles. The minimum Gasteiger partial charge on any atom is -0.310 e. The fourth-order valence-corrected chi connectivity index (χ4v) is 2.32. The largest absolute Gasteiger partial charge is 0.310 e. The maximum absolute atomic E-state index is 4.32. The fraction of sp³-hybridized carbons (Fsp3) is 0.455. The van der Waals surface area contributed by atoms with Crippen LogP contribution in [0.5, 0.6) is 0 Å². The van der Waals surface area contributed by atoms with Gasteiger partial charge in [-0.3, -0.25) is 0 Å². The Bertz CT molecular complexity index is 512. The molecule has 0 radical (unpaired) electrons. The lowest BCUT2D eigenvalue weighted by molar-refractivity contribution is 0.595. The number of pyridine rings is 1. The first-order valence-electron chi connectivity index (χ1n) is 5.80. The van der Waals surface area contributed by atoms with Crippen LogP contribution >= 0.6 is 11.8 Å². The highest BCUT2D eigenvalue weighted by molar-refractivity contribution is 7.99. The van der Waals surface area contributed by atoms with Crippen LogP contribution in [0, 0.1) is 0 Å². The third kappa shape index (κ3) is 3.05. The number of rotatable bonds is 5. The normalized spacial score (nSPS) is 12.6. The molecule has 6 nitrogen and oxygen atoms in total. The summed E-state index contributed by atoms with van der Waals surface area (Å²) >= 11 is 1.46. The van der Waals surface area contributed by atoms with Crippen molar-refractivity contribution < 1.29 is 0 Å². The van der Waals surface area contributed by atoms with Crippen molar-refractivity contribution in [1.29, 1.82) is 0 Å². The van der Waals surface area contributed by atoms with Crippen molar-refractivity contribution >= 4 is 11.8 Å². The molecule has 0 spiro atoms. The number of aryl methyl sites for hydroxylation is 1. The van der Waals surface area contributed by atoms with E-state index in [-0.39, 0.29) is 0 Å². The number of aromatic nitrogens is 5. The zero-order valence-corrected chi connectivity index (χ0v) is 11.5. The van der Waals surface area contributed by atoms with E-state index in [0.29, 0.717) is 6.04 Å². The first-order valence-corrected chi connectivity index (χ1v) is 6.62. The van der Waals surface area contributed by atoms with E-state index in [4.69, 9.17) is 0 Å². The van der Waals surface area contributed by atoms with Crippen LogP contribution in [0.3, 0.4) is 0 Å². The van der Waals surface area contributed by atoms with E-state index in [1.54, 1.807) is 4.68 Å². The molecule has 0 saturated carbocycles. The summed E-state index contributed by atoms with van der Waals surface area (Å²) in [7, 11) is 1.81. The van der Waals surface area contributed by atoms with Crippen LogP contribution in [0.4, 0.5) is 0 Å². The lowest BCUT2D eigenvalue weighted by atomic mass is 10.1. The van der Waals surface area contributed by atoms with E-state index < -0.39 is 0 Å². The average Bonchev–Trinajstić information content (AvgIpc) is 2.76. The third-order valence-corrected chi connectivity index (χ3v) is 3.51. The summed E-state index contributed by atoms with van der Waals surface area (Å²) < 4.78 is 1.63. The predicted molar refractivity (Wildman–Crippen MR) is 69.2 cm³/mol. The molecule has 0 fully saturated rings. The number of nitrogens with zero attached hydrogens (tertiary/aromatic N) is 5. The Balaban J connectivity index is 2.15. The second kappa shape index (κ2) is 5.92. The maximum Gasteiger partial charge on any atom is 0.215 e. The van der Waals surface area contributed by atoms with Crippen molar-refractivity contribution in [2.75, 3.05) is 6.54 Å². The Labute approximate surface area is 110 Å². The molecule has 1 atom stereocenters. The molecule has 2 aromatic rings. The minimum atomic E-state index is 0.315. The standard InChI is InChI=1S/C11H16N6S/c1-4-12-8(2)9-5-6-13-10(7-9)18-11-14-15-16-17(11)3/h5-8,12H,4H2,1-3H3. The molecular weight excluding hydrogens is 248 g/mol. The van der Waals surface area contributed by atoms with Gasteiger partial charge in [0.1, 0.15) is 5.03 Å². The quantitative estimate of drug-likeness (QED) is 0.881. The van der Waals surface area contributed by atoms with Crippen LogP contribution in [-0.2, 0) is 7.05 Å². The topological polar surface area (TPSA) is 68.5 Å². The Morgan fingerprint density at radius 1 is 1.50 bits per heavy atom. The summed E-state index contributed by atoms with van der Waals surface area (Å²) in [4.78, 5) is 4.32. The number of tetrazole rings is 1. The lowest BCUT2D eigenvalue weighted by Crippen LogP contribution is -2.17. The van der Waals surface area contributed by atoms with E-state index >= 15 is 0 Å². The summed E-state index contributed by atoms with van der Waals surface area (Å²) in [6, 6.07) is 4.40. The van der Waals surface area contributed by atoms with Gasteiger partial charge in [-0.25, -0.2) is 9.67 Å². The number of hydrogen-bond acceptors (Lipinski definition) is 6. The van der Waals surface area contributed by atoms with Gasteiger partial charge >= 0.3 is 0 Å². The molecule has 0 aliphatic rings. The van der Waals surface area contributed by atoms with Crippen LogP contribution in [-0.4, -0.2) is 31.7 Å². The molecule has 96 valence electrons. The minimum absolute atomic E-state index is 0.315. The second-order valence-corrected chi connectivity index (χ2v) is 4.88. The van der Waals surface area contributed by atoms with E-state index in [1.807, 2.05) is 19.3 Å². The molecule has 0 aromatic carbocycles. The molecule has 0 saturated heterocycles. The van der Waals surface area contributed by atoms with Gasteiger partial charge in [0.2, 0.25) is 5.16 Å². The molecule has 0 bridgehead atoms. The molecule has 2 rings (SSSR count). The van der Waals surface area contributed by atoms with Gasteiger partial charge in [-0.15, -0.1) is 5.10 Å². The number of hydrogen-bond donors (Lipinski definition) is 1. The van der Waals surface area contributed by atoms with Gasteiger partial charge in [-0.2, -0.15) is 0 Å². The first-order chi connectivity index (χ1) is 8.70. The number of nitrogens with one attached hydrogen (secondary N) is 1. The highest BCUT2D eigenvalue weighted by Gasteiger charge is 2.09. The summed E-state index contributed by atoms with van der Waals surface area (Å²) in [5, 5.41) is 16.3. The molecule has 0 amide bonds. The van der Waals surface area contributed by atoms with Crippen molar-refractivity contribution in [2.45, 2.75) is 30.1 Å². The predicted octanol–water partition coefficient (Wildman–Crippen LogP) is 1.43. The highest BCUT2D eigenvalue weighted by atomic mass is 32.2. The highest BCUT2D eigenvalue weighted by Crippen LogP contribution is 2.24. The van der Waals surface area contributed by atoms with Crippen LogP contribution < -0.4 is 5.32 Å². The van der Waals surface area contributed by atoms with Gasteiger partial charge in [-0.1, -0.05) is 6.92 Å². The maximum atomic E-state index is 4.32. The summed E-state index contributed by atoms with van der Waals surface area (Å²) in [6.07, 6.45) is 1.81. The van der Waals surface area contributed by atoms with Crippen LogP contribution in [0.15, 0.2) is 28.5 Å². The van der Waals surface area contributed by atoms with Crippen molar-refractivity contribution in [3.8, 4) is 0 Å². The van der Waals surface area contributed by atoms with Crippen LogP contribution in [0.1, 0.15) is 25.5 Å². The summed E-state index contributed by atoms with van der Waals surface area (Å²) in [5.74, 6) is 0. The zero-order valence-electron chi connectivity index (χ0n) is 10.7. The van der Waals surface area contributed by atoms with Gasteiger partial charge < -0.3 is 5.32 Å². The van der Waals surface area contributed by atoms with E-state index in [9.17, 15) is 0 Å². The van der Waals surface area contributed by atoms with E-state index in [0.717, 1.165) is 16.7 Å². The monoisotopic (exact) mass is 264 g/mol. The molecule has 0 aliphatic carbocycles. The Morgan fingerprint density at radius 2 is 2.33 bits per heavy atom. The van der Waals surface area contributed by atoms with Gasteiger partial charge in [0.25, 0.3) is 0 Å². The van der Waals surface area contributed by atoms with E-state index in [1.165, 1.54) is 17.3 Å². The molecule has 2 aromatic heterocycles. The van der Waals surface area contributed by atoms with Crippen LogP contribution in [0.25, 0.3) is 0 Å². The van der Waals surface area contributed by atoms with Gasteiger partial charge in [0, 0.05) is 19.3 Å². The fourth-order valence-electron chi connectivity index (χ4n) is 1.58. The summed E-state index contributed by atoms with van der Waals surface area (Å²) in [6.45, 7) is 5.18. The third-order valence-electron chi connectivity index (χ3n) is 2.55. The average molecular weight is 264 g/mol. The molecule has 18 heavy (non-hydrogen) atoms. The van der Waals surface area contributed by atoms with Gasteiger partial charge in [-0.05, 0) is 53.4 Å². The smallest absolute Gasteiger partial charge is 0.215 e. The van der Waals surface area contributed by atoms with Crippen molar-refractivity contribution in [2.24, 2.45) is 7.05 Å². The zero-order chi connectivity index (χ0) is 13.0. The van der Waals surface area contributed by atoms with Gasteiger partial charge in [0.05, 0.1) is 0 Å². The van der Waals surface area contributed by atoms with Crippen molar-refractivity contribution in [3.05, 3.63) is 23.9 Å².